The largest absolute Gasteiger partial charge is 0.494 e. The molecular formula is C24H32N6O. The van der Waals surface area contributed by atoms with Gasteiger partial charge in [-0.3, -0.25) is 9.80 Å². The van der Waals surface area contributed by atoms with Gasteiger partial charge in [-0.25, -0.2) is 4.68 Å². The zero-order chi connectivity index (χ0) is 21.6. The minimum atomic E-state index is 0.0203. The number of hydrogen-bond donors (Lipinski definition) is 0. The summed E-state index contributed by atoms with van der Waals surface area (Å²) < 4.78 is 7.59. The fourth-order valence-electron chi connectivity index (χ4n) is 4.21. The zero-order valence-electron chi connectivity index (χ0n) is 18.7. The third-order valence-electron chi connectivity index (χ3n) is 5.78. The number of hydrogen-bond acceptors (Lipinski definition) is 6. The molecule has 2 aromatic carbocycles. The first-order chi connectivity index (χ1) is 15.2. The molecule has 1 fully saturated rings. The number of rotatable bonds is 8. The Hall–Kier alpha value is -2.77. The van der Waals surface area contributed by atoms with Gasteiger partial charge in [0.15, 0.2) is 5.82 Å². The maximum Gasteiger partial charge on any atom is 0.173 e. The highest BCUT2D eigenvalue weighted by atomic mass is 16.5. The van der Waals surface area contributed by atoms with Crippen LogP contribution in [0.1, 0.15) is 49.8 Å². The third kappa shape index (κ3) is 5.11. The number of piperazine rings is 1. The molecule has 164 valence electrons. The van der Waals surface area contributed by atoms with Crippen molar-refractivity contribution in [1.29, 1.82) is 0 Å². The molecule has 1 aliphatic rings. The predicted molar refractivity (Wildman–Crippen MR) is 121 cm³/mol. The van der Waals surface area contributed by atoms with Crippen molar-refractivity contribution in [3.05, 3.63) is 71.5 Å². The smallest absolute Gasteiger partial charge is 0.173 e. The molecule has 0 spiro atoms. The Morgan fingerprint density at radius 1 is 0.935 bits per heavy atom. The van der Waals surface area contributed by atoms with Crippen LogP contribution in [0.3, 0.4) is 0 Å². The Kier molecular flexibility index (Phi) is 6.94. The Bertz CT molecular complexity index is 932. The van der Waals surface area contributed by atoms with Gasteiger partial charge in [-0.15, -0.1) is 5.10 Å². The topological polar surface area (TPSA) is 59.3 Å². The van der Waals surface area contributed by atoms with Crippen LogP contribution in [0.15, 0.2) is 54.6 Å². The lowest BCUT2D eigenvalue weighted by atomic mass is 10.0. The molecule has 0 radical (unpaired) electrons. The van der Waals surface area contributed by atoms with Gasteiger partial charge in [0.05, 0.1) is 18.7 Å². The lowest BCUT2D eigenvalue weighted by Gasteiger charge is -2.39. The molecule has 1 aromatic heterocycles. The van der Waals surface area contributed by atoms with Crippen molar-refractivity contribution in [2.45, 2.75) is 39.4 Å². The average molecular weight is 421 g/mol. The summed E-state index contributed by atoms with van der Waals surface area (Å²) >= 11 is 0. The van der Waals surface area contributed by atoms with Crippen molar-refractivity contribution in [3.8, 4) is 5.75 Å². The summed E-state index contributed by atoms with van der Waals surface area (Å²) in [6.45, 7) is 11.9. The fourth-order valence-corrected chi connectivity index (χ4v) is 4.21. The molecule has 0 saturated carbocycles. The second-order valence-electron chi connectivity index (χ2n) is 8.28. The third-order valence-corrected chi connectivity index (χ3v) is 5.78. The number of benzene rings is 2. The molecule has 0 amide bonds. The van der Waals surface area contributed by atoms with Crippen molar-refractivity contribution in [1.82, 2.24) is 30.0 Å². The second-order valence-corrected chi connectivity index (χ2v) is 8.28. The van der Waals surface area contributed by atoms with Crippen LogP contribution < -0.4 is 4.74 Å². The molecule has 2 heterocycles. The van der Waals surface area contributed by atoms with E-state index in [9.17, 15) is 0 Å². The first-order valence-electron chi connectivity index (χ1n) is 11.2. The van der Waals surface area contributed by atoms with Crippen LogP contribution in [-0.2, 0) is 6.54 Å². The van der Waals surface area contributed by atoms with Gasteiger partial charge in [0, 0.05) is 32.7 Å². The number of aromatic nitrogens is 4. The zero-order valence-corrected chi connectivity index (χ0v) is 18.7. The summed E-state index contributed by atoms with van der Waals surface area (Å²) in [6.07, 6.45) is 0. The first-order valence-corrected chi connectivity index (χ1v) is 11.2. The van der Waals surface area contributed by atoms with Crippen LogP contribution in [0.5, 0.6) is 5.75 Å². The normalized spacial score (nSPS) is 16.5. The molecule has 3 aromatic rings. The Balaban J connectivity index is 1.54. The molecular weight excluding hydrogens is 388 g/mol. The predicted octanol–water partition coefficient (Wildman–Crippen LogP) is 3.56. The van der Waals surface area contributed by atoms with Gasteiger partial charge >= 0.3 is 0 Å². The minimum Gasteiger partial charge on any atom is -0.494 e. The fraction of sp³-hybridized carbons (Fsp3) is 0.458. The highest BCUT2D eigenvalue weighted by Gasteiger charge is 2.31. The molecule has 7 nitrogen and oxygen atoms in total. The van der Waals surface area contributed by atoms with Crippen LogP contribution in [0.2, 0.25) is 0 Å². The van der Waals surface area contributed by atoms with Crippen LogP contribution in [0.25, 0.3) is 0 Å². The molecule has 0 aliphatic carbocycles. The molecule has 0 N–H and O–H groups in total. The van der Waals surface area contributed by atoms with E-state index < -0.39 is 0 Å². The van der Waals surface area contributed by atoms with E-state index in [4.69, 9.17) is 4.74 Å². The maximum atomic E-state index is 5.64. The van der Waals surface area contributed by atoms with Gasteiger partial charge < -0.3 is 4.74 Å². The second kappa shape index (κ2) is 10.0. The highest BCUT2D eigenvalue weighted by molar-refractivity contribution is 5.32. The number of ether oxygens (including phenoxy) is 1. The van der Waals surface area contributed by atoms with Crippen molar-refractivity contribution in [3.63, 3.8) is 0 Å². The van der Waals surface area contributed by atoms with Crippen molar-refractivity contribution < 1.29 is 4.74 Å². The highest BCUT2D eigenvalue weighted by Crippen LogP contribution is 2.30. The molecule has 31 heavy (non-hydrogen) atoms. The van der Waals surface area contributed by atoms with Gasteiger partial charge in [0.1, 0.15) is 5.75 Å². The summed E-state index contributed by atoms with van der Waals surface area (Å²) in [5.74, 6) is 1.79. The summed E-state index contributed by atoms with van der Waals surface area (Å²) in [5.41, 5.74) is 2.56. The van der Waals surface area contributed by atoms with Crippen LogP contribution in [0, 0.1) is 0 Å². The summed E-state index contributed by atoms with van der Waals surface area (Å²) in [6, 6.07) is 19.3. The van der Waals surface area contributed by atoms with Crippen LogP contribution in [0.4, 0.5) is 0 Å². The average Bonchev–Trinajstić information content (AvgIpc) is 3.27. The standard InChI is InChI=1S/C24H32N6O/c1-4-31-22-12-10-21(11-13-22)23(24-25-26-27-30(24)19(2)3)29-16-14-28(15-17-29)18-20-8-6-5-7-9-20/h5-13,19,23H,4,14-18H2,1-3H3. The SMILES string of the molecule is CCOc1ccc(C(c2nnnn2C(C)C)N2CCN(Cc3ccccc3)CC2)cc1. The number of nitrogens with zero attached hydrogens (tertiary/aromatic N) is 6. The van der Waals surface area contributed by atoms with E-state index >= 15 is 0 Å². The molecule has 1 atom stereocenters. The van der Waals surface area contributed by atoms with E-state index in [1.165, 1.54) is 11.1 Å². The number of tetrazole rings is 1. The first kappa shape index (κ1) is 21.5. The maximum absolute atomic E-state index is 5.64. The minimum absolute atomic E-state index is 0.0203. The van der Waals surface area contributed by atoms with Crippen molar-refractivity contribution in [2.24, 2.45) is 0 Å². The van der Waals surface area contributed by atoms with E-state index in [2.05, 4.69) is 81.6 Å². The van der Waals surface area contributed by atoms with Gasteiger partial charge in [0.2, 0.25) is 0 Å². The van der Waals surface area contributed by atoms with Gasteiger partial charge in [-0.2, -0.15) is 0 Å². The Labute approximate surface area is 184 Å². The van der Waals surface area contributed by atoms with Crippen LogP contribution >= 0.6 is 0 Å². The Morgan fingerprint density at radius 2 is 1.65 bits per heavy atom. The molecule has 4 rings (SSSR count). The molecule has 0 bridgehead atoms. The van der Waals surface area contributed by atoms with Gasteiger partial charge in [0.25, 0.3) is 0 Å². The quantitative estimate of drug-likeness (QED) is 0.555. The van der Waals surface area contributed by atoms with Gasteiger partial charge in [-0.1, -0.05) is 42.5 Å². The summed E-state index contributed by atoms with van der Waals surface area (Å²) in [7, 11) is 0. The molecule has 1 saturated heterocycles. The van der Waals surface area contributed by atoms with E-state index in [1.807, 2.05) is 23.7 Å². The lowest BCUT2D eigenvalue weighted by molar-refractivity contribution is 0.0996. The molecule has 1 unspecified atom stereocenters. The monoisotopic (exact) mass is 420 g/mol. The van der Waals surface area contributed by atoms with Crippen molar-refractivity contribution in [2.75, 3.05) is 32.8 Å². The van der Waals surface area contributed by atoms with Crippen LogP contribution in [-0.4, -0.2) is 62.8 Å². The summed E-state index contributed by atoms with van der Waals surface area (Å²) in [5, 5.41) is 12.7. The van der Waals surface area contributed by atoms with Gasteiger partial charge in [-0.05, 0) is 54.5 Å². The van der Waals surface area contributed by atoms with E-state index in [1.54, 1.807) is 0 Å². The molecule has 7 heteroatoms. The van der Waals surface area contributed by atoms with Crippen molar-refractivity contribution >= 4 is 0 Å². The van der Waals surface area contributed by atoms with E-state index in [0.29, 0.717) is 6.61 Å². The molecule has 1 aliphatic heterocycles. The Morgan fingerprint density at radius 3 is 2.29 bits per heavy atom. The van der Waals surface area contributed by atoms with E-state index in [-0.39, 0.29) is 12.1 Å². The lowest BCUT2D eigenvalue weighted by Crippen LogP contribution is -2.48. The van der Waals surface area contributed by atoms with E-state index in [0.717, 1.165) is 44.3 Å². The summed E-state index contributed by atoms with van der Waals surface area (Å²) in [4.78, 5) is 5.02.